The monoisotopic (exact) mass is 222 g/mol. The smallest absolute Gasteiger partial charge is 0.404 e. The molecule has 74 valence electrons. The highest BCUT2D eigenvalue weighted by molar-refractivity contribution is 6.29. The van der Waals surface area contributed by atoms with Crippen LogP contribution in [0.5, 0.6) is 5.75 Å². The van der Waals surface area contributed by atoms with Gasteiger partial charge in [0.25, 0.3) is 0 Å². The molecular formula is C7H2ClF3N2O. The Hall–Kier alpha value is -1.48. The number of alkyl halides is 3. The van der Waals surface area contributed by atoms with E-state index < -0.39 is 12.1 Å². The molecule has 0 spiro atoms. The lowest BCUT2D eigenvalue weighted by atomic mass is 10.3. The van der Waals surface area contributed by atoms with Crippen LogP contribution in [0.1, 0.15) is 5.56 Å². The van der Waals surface area contributed by atoms with Crippen molar-refractivity contribution < 1.29 is 17.9 Å². The van der Waals surface area contributed by atoms with Crippen LogP contribution < -0.4 is 4.74 Å². The van der Waals surface area contributed by atoms with Crippen LogP contribution in [-0.2, 0) is 0 Å². The van der Waals surface area contributed by atoms with Gasteiger partial charge in [0, 0.05) is 6.07 Å². The predicted octanol–water partition coefficient (Wildman–Crippen LogP) is 2.51. The molecular weight excluding hydrogens is 221 g/mol. The number of halogens is 4. The molecule has 1 rings (SSSR count). The lowest BCUT2D eigenvalue weighted by molar-refractivity contribution is -0.274. The van der Waals surface area contributed by atoms with Gasteiger partial charge in [-0.1, -0.05) is 11.6 Å². The molecule has 14 heavy (non-hydrogen) atoms. The Kier molecular flexibility index (Phi) is 2.81. The molecule has 0 aliphatic carbocycles. The van der Waals surface area contributed by atoms with Gasteiger partial charge in [0.05, 0.1) is 6.20 Å². The molecule has 0 saturated heterocycles. The van der Waals surface area contributed by atoms with Crippen LogP contribution in [0.15, 0.2) is 12.3 Å². The highest BCUT2D eigenvalue weighted by Gasteiger charge is 2.32. The normalized spacial score (nSPS) is 10.8. The number of hydrogen-bond donors (Lipinski definition) is 0. The molecule has 0 N–H and O–H groups in total. The topological polar surface area (TPSA) is 45.9 Å². The number of pyridine rings is 1. The van der Waals surface area contributed by atoms with Crippen LogP contribution in [-0.4, -0.2) is 11.3 Å². The summed E-state index contributed by atoms with van der Waals surface area (Å²) >= 11 is 5.33. The summed E-state index contributed by atoms with van der Waals surface area (Å²) < 4.78 is 38.9. The summed E-state index contributed by atoms with van der Waals surface area (Å²) in [4.78, 5) is 3.44. The molecule has 0 fully saturated rings. The molecule has 0 bridgehead atoms. The first-order chi connectivity index (χ1) is 6.42. The molecule has 1 aromatic rings. The van der Waals surface area contributed by atoms with Gasteiger partial charge in [-0.05, 0) is 0 Å². The number of nitrogens with zero attached hydrogens (tertiary/aromatic N) is 2. The highest BCUT2D eigenvalue weighted by Crippen LogP contribution is 2.27. The number of nitriles is 1. The van der Waals surface area contributed by atoms with Crippen LogP contribution in [0.2, 0.25) is 5.15 Å². The van der Waals surface area contributed by atoms with Crippen molar-refractivity contribution in [2.24, 2.45) is 0 Å². The third kappa shape index (κ3) is 2.78. The second-order valence-electron chi connectivity index (χ2n) is 2.16. The number of ether oxygens (including phenoxy) is 1. The minimum atomic E-state index is -4.85. The zero-order valence-corrected chi connectivity index (χ0v) is 7.23. The minimum Gasteiger partial charge on any atom is -0.404 e. The molecule has 1 heterocycles. The average Bonchev–Trinajstić information content (AvgIpc) is 2.01. The maximum Gasteiger partial charge on any atom is 0.573 e. The van der Waals surface area contributed by atoms with Crippen molar-refractivity contribution in [1.82, 2.24) is 4.98 Å². The largest absolute Gasteiger partial charge is 0.573 e. The Bertz CT molecular complexity index is 386. The molecule has 0 amide bonds. The summed E-state index contributed by atoms with van der Waals surface area (Å²) in [5.41, 5.74) is -0.327. The molecule has 0 aliphatic rings. The maximum atomic E-state index is 11.8. The first-order valence-electron chi connectivity index (χ1n) is 3.24. The molecule has 0 radical (unpaired) electrons. The lowest BCUT2D eigenvalue weighted by Gasteiger charge is -2.09. The maximum absolute atomic E-state index is 11.8. The third-order valence-electron chi connectivity index (χ3n) is 1.18. The zero-order chi connectivity index (χ0) is 10.8. The van der Waals surface area contributed by atoms with E-state index >= 15 is 0 Å². The van der Waals surface area contributed by atoms with Crippen molar-refractivity contribution in [1.29, 1.82) is 5.26 Å². The summed E-state index contributed by atoms with van der Waals surface area (Å²) in [6.45, 7) is 0. The van der Waals surface area contributed by atoms with Gasteiger partial charge in [0.2, 0.25) is 0 Å². The van der Waals surface area contributed by atoms with Crippen molar-refractivity contribution in [3.8, 4) is 11.8 Å². The van der Waals surface area contributed by atoms with E-state index in [0.717, 1.165) is 12.3 Å². The van der Waals surface area contributed by atoms with E-state index in [9.17, 15) is 13.2 Å². The van der Waals surface area contributed by atoms with Crippen LogP contribution in [0.4, 0.5) is 13.2 Å². The van der Waals surface area contributed by atoms with Crippen LogP contribution >= 0.6 is 11.6 Å². The Balaban J connectivity index is 3.07. The Morgan fingerprint density at radius 2 is 2.14 bits per heavy atom. The second kappa shape index (κ2) is 3.72. The molecule has 0 aromatic carbocycles. The van der Waals surface area contributed by atoms with Gasteiger partial charge >= 0.3 is 6.36 Å². The van der Waals surface area contributed by atoms with Crippen LogP contribution in [0, 0.1) is 11.3 Å². The number of rotatable bonds is 1. The molecule has 0 saturated carbocycles. The molecule has 7 heteroatoms. The standard InChI is InChI=1S/C7H2ClF3N2O/c8-6-1-5(14-7(9,10)11)4(2-12)3-13-6/h1,3H. The van der Waals surface area contributed by atoms with Gasteiger partial charge in [0.15, 0.2) is 5.75 Å². The third-order valence-corrected chi connectivity index (χ3v) is 1.39. The van der Waals surface area contributed by atoms with Gasteiger partial charge in [-0.3, -0.25) is 0 Å². The summed E-state index contributed by atoms with van der Waals surface area (Å²) in [6, 6.07) is 2.33. The predicted molar refractivity (Wildman–Crippen MR) is 40.6 cm³/mol. The quantitative estimate of drug-likeness (QED) is 0.686. The average molecular weight is 223 g/mol. The van der Waals surface area contributed by atoms with E-state index in [-0.39, 0.29) is 10.7 Å². The molecule has 1 aromatic heterocycles. The van der Waals surface area contributed by atoms with Gasteiger partial charge in [0.1, 0.15) is 16.8 Å². The zero-order valence-electron chi connectivity index (χ0n) is 6.47. The van der Waals surface area contributed by atoms with Gasteiger partial charge < -0.3 is 4.74 Å². The van der Waals surface area contributed by atoms with Crippen molar-refractivity contribution in [3.63, 3.8) is 0 Å². The van der Waals surface area contributed by atoms with E-state index in [1.807, 2.05) is 0 Å². The fourth-order valence-corrected chi connectivity index (χ4v) is 0.854. The summed E-state index contributed by atoms with van der Waals surface area (Å²) in [5.74, 6) is -0.653. The summed E-state index contributed by atoms with van der Waals surface area (Å²) in [6.07, 6.45) is -3.94. The van der Waals surface area contributed by atoms with E-state index in [0.29, 0.717) is 0 Å². The van der Waals surface area contributed by atoms with E-state index in [2.05, 4.69) is 9.72 Å². The van der Waals surface area contributed by atoms with Crippen LogP contribution in [0.3, 0.4) is 0 Å². The Morgan fingerprint density at radius 3 is 2.64 bits per heavy atom. The van der Waals surface area contributed by atoms with Crippen molar-refractivity contribution in [2.45, 2.75) is 6.36 Å². The van der Waals surface area contributed by atoms with Gasteiger partial charge in [-0.15, -0.1) is 13.2 Å². The second-order valence-corrected chi connectivity index (χ2v) is 2.55. The lowest BCUT2D eigenvalue weighted by Crippen LogP contribution is -2.17. The number of hydrogen-bond acceptors (Lipinski definition) is 3. The SMILES string of the molecule is N#Cc1cnc(Cl)cc1OC(F)(F)F. The van der Waals surface area contributed by atoms with Gasteiger partial charge in [-0.2, -0.15) is 5.26 Å². The molecule has 3 nitrogen and oxygen atoms in total. The first-order valence-corrected chi connectivity index (χ1v) is 3.61. The summed E-state index contributed by atoms with van der Waals surface area (Å²) in [7, 11) is 0. The van der Waals surface area contributed by atoms with E-state index in [1.165, 1.54) is 6.07 Å². The fourth-order valence-electron chi connectivity index (χ4n) is 0.706. The number of aromatic nitrogens is 1. The Morgan fingerprint density at radius 1 is 1.50 bits per heavy atom. The Labute approximate surface area is 81.7 Å². The van der Waals surface area contributed by atoms with E-state index in [4.69, 9.17) is 16.9 Å². The van der Waals surface area contributed by atoms with Crippen molar-refractivity contribution in [3.05, 3.63) is 23.0 Å². The van der Waals surface area contributed by atoms with Crippen LogP contribution in [0.25, 0.3) is 0 Å². The highest BCUT2D eigenvalue weighted by atomic mass is 35.5. The molecule has 0 atom stereocenters. The van der Waals surface area contributed by atoms with E-state index in [1.54, 1.807) is 0 Å². The summed E-state index contributed by atoms with van der Waals surface area (Å²) in [5, 5.41) is 8.25. The van der Waals surface area contributed by atoms with Crippen molar-refractivity contribution in [2.75, 3.05) is 0 Å². The first kappa shape index (κ1) is 10.6. The van der Waals surface area contributed by atoms with Gasteiger partial charge in [-0.25, -0.2) is 4.98 Å². The molecule has 0 aliphatic heterocycles. The minimum absolute atomic E-state index is 0.178. The van der Waals surface area contributed by atoms with Crippen molar-refractivity contribution >= 4 is 11.6 Å². The molecule has 0 unspecified atom stereocenters. The fraction of sp³-hybridized carbons (Fsp3) is 0.143.